The normalized spacial score (nSPS) is 19.9. The van der Waals surface area contributed by atoms with Crippen LogP contribution in [0.1, 0.15) is 30.0 Å². The molecular formula is C22H23NO4. The molecule has 140 valence electrons. The molecule has 3 atom stereocenters. The molecule has 1 aliphatic carbocycles. The van der Waals surface area contributed by atoms with Gasteiger partial charge in [-0.05, 0) is 36.1 Å². The first-order valence-corrected chi connectivity index (χ1v) is 8.97. The summed E-state index contributed by atoms with van der Waals surface area (Å²) in [6, 6.07) is 16.8. The fraction of sp³-hybridized carbons (Fsp3) is 0.273. The molecule has 0 saturated carbocycles. The summed E-state index contributed by atoms with van der Waals surface area (Å²) in [5.74, 6) is -1.70. The number of benzene rings is 2. The van der Waals surface area contributed by atoms with Crippen molar-refractivity contribution in [2.45, 2.75) is 18.9 Å². The lowest BCUT2D eigenvalue weighted by Gasteiger charge is -2.27. The zero-order valence-electron chi connectivity index (χ0n) is 15.2. The summed E-state index contributed by atoms with van der Waals surface area (Å²) < 4.78 is 5.21. The number of methoxy groups -OCH3 is 1. The van der Waals surface area contributed by atoms with Crippen LogP contribution in [-0.2, 0) is 9.59 Å². The van der Waals surface area contributed by atoms with Gasteiger partial charge in [-0.25, -0.2) is 0 Å². The maximum Gasteiger partial charge on any atom is 0.307 e. The number of carboxylic acid groups (broad SMARTS) is 1. The smallest absolute Gasteiger partial charge is 0.307 e. The van der Waals surface area contributed by atoms with Crippen molar-refractivity contribution in [2.24, 2.45) is 11.8 Å². The SMILES string of the molecule is COc1ccc([C@H](NC(=O)[C@H]2CC=CC[C@@H]2C(=O)O)c2ccccc2)cc1. The van der Waals surface area contributed by atoms with E-state index in [-0.39, 0.29) is 11.9 Å². The molecule has 0 fully saturated rings. The Labute approximate surface area is 158 Å². The van der Waals surface area contributed by atoms with Crippen molar-refractivity contribution < 1.29 is 19.4 Å². The molecule has 0 saturated heterocycles. The molecule has 0 aromatic heterocycles. The van der Waals surface area contributed by atoms with Crippen LogP contribution in [0.4, 0.5) is 0 Å². The van der Waals surface area contributed by atoms with Gasteiger partial charge >= 0.3 is 5.97 Å². The van der Waals surface area contributed by atoms with Crippen molar-refractivity contribution in [1.29, 1.82) is 0 Å². The van der Waals surface area contributed by atoms with E-state index in [9.17, 15) is 14.7 Å². The Hall–Kier alpha value is -3.08. The number of nitrogens with one attached hydrogen (secondary N) is 1. The molecule has 3 rings (SSSR count). The number of rotatable bonds is 6. The van der Waals surface area contributed by atoms with E-state index in [1.54, 1.807) is 7.11 Å². The highest BCUT2D eigenvalue weighted by atomic mass is 16.5. The van der Waals surface area contributed by atoms with Gasteiger partial charge in [-0.1, -0.05) is 54.6 Å². The number of allylic oxidation sites excluding steroid dienone is 2. The molecule has 0 bridgehead atoms. The number of hydrogen-bond acceptors (Lipinski definition) is 3. The maximum atomic E-state index is 13.0. The summed E-state index contributed by atoms with van der Waals surface area (Å²) in [5, 5.41) is 12.5. The summed E-state index contributed by atoms with van der Waals surface area (Å²) in [6.45, 7) is 0. The number of carbonyl (C=O) groups is 2. The second-order valence-electron chi connectivity index (χ2n) is 6.62. The van der Waals surface area contributed by atoms with Crippen molar-refractivity contribution in [1.82, 2.24) is 5.32 Å². The first kappa shape index (κ1) is 18.7. The van der Waals surface area contributed by atoms with Crippen molar-refractivity contribution in [3.63, 3.8) is 0 Å². The summed E-state index contributed by atoms with van der Waals surface area (Å²) >= 11 is 0. The van der Waals surface area contributed by atoms with Crippen LogP contribution >= 0.6 is 0 Å². The highest BCUT2D eigenvalue weighted by Gasteiger charge is 2.35. The second kappa shape index (κ2) is 8.54. The van der Waals surface area contributed by atoms with E-state index in [4.69, 9.17) is 4.74 Å². The Bertz CT molecular complexity index is 814. The molecule has 2 aromatic rings. The molecule has 2 aromatic carbocycles. The van der Waals surface area contributed by atoms with Crippen molar-refractivity contribution >= 4 is 11.9 Å². The van der Waals surface area contributed by atoms with Crippen LogP contribution < -0.4 is 10.1 Å². The van der Waals surface area contributed by atoms with Crippen LogP contribution in [0.15, 0.2) is 66.7 Å². The molecular weight excluding hydrogens is 342 g/mol. The van der Waals surface area contributed by atoms with Gasteiger partial charge in [0, 0.05) is 0 Å². The molecule has 27 heavy (non-hydrogen) atoms. The van der Waals surface area contributed by atoms with Gasteiger partial charge in [0.05, 0.1) is 25.0 Å². The minimum atomic E-state index is -0.930. The first-order chi connectivity index (χ1) is 13.1. The van der Waals surface area contributed by atoms with Crippen molar-refractivity contribution in [3.05, 3.63) is 77.9 Å². The van der Waals surface area contributed by atoms with E-state index in [1.165, 1.54) is 0 Å². The third kappa shape index (κ3) is 4.37. The van der Waals surface area contributed by atoms with E-state index < -0.39 is 17.8 Å². The fourth-order valence-corrected chi connectivity index (χ4v) is 3.43. The zero-order chi connectivity index (χ0) is 19.2. The Morgan fingerprint density at radius 2 is 1.56 bits per heavy atom. The van der Waals surface area contributed by atoms with E-state index >= 15 is 0 Å². The molecule has 0 spiro atoms. The van der Waals surface area contributed by atoms with Gasteiger partial charge in [0.25, 0.3) is 0 Å². The van der Waals surface area contributed by atoms with E-state index in [1.807, 2.05) is 66.7 Å². The summed E-state index contributed by atoms with van der Waals surface area (Å²) in [5.41, 5.74) is 1.85. The van der Waals surface area contributed by atoms with Gasteiger partial charge in [0.2, 0.25) is 5.91 Å². The maximum absolute atomic E-state index is 13.0. The molecule has 1 aliphatic rings. The number of carbonyl (C=O) groups excluding carboxylic acids is 1. The molecule has 0 radical (unpaired) electrons. The predicted molar refractivity (Wildman–Crippen MR) is 102 cm³/mol. The second-order valence-corrected chi connectivity index (χ2v) is 6.62. The minimum Gasteiger partial charge on any atom is -0.497 e. The lowest BCUT2D eigenvalue weighted by Crippen LogP contribution is -2.40. The van der Waals surface area contributed by atoms with Gasteiger partial charge in [0.15, 0.2) is 0 Å². The third-order valence-electron chi connectivity index (χ3n) is 4.96. The molecule has 5 nitrogen and oxygen atoms in total. The van der Waals surface area contributed by atoms with Crippen LogP contribution in [0, 0.1) is 11.8 Å². The summed E-state index contributed by atoms with van der Waals surface area (Å²) in [4.78, 5) is 24.5. The Morgan fingerprint density at radius 1 is 0.963 bits per heavy atom. The number of carboxylic acids is 1. The first-order valence-electron chi connectivity index (χ1n) is 8.97. The fourth-order valence-electron chi connectivity index (χ4n) is 3.43. The van der Waals surface area contributed by atoms with Crippen LogP contribution in [0.2, 0.25) is 0 Å². The van der Waals surface area contributed by atoms with Gasteiger partial charge in [-0.15, -0.1) is 0 Å². The number of hydrogen-bond donors (Lipinski definition) is 2. The molecule has 1 amide bonds. The molecule has 2 N–H and O–H groups in total. The van der Waals surface area contributed by atoms with Crippen LogP contribution in [0.5, 0.6) is 5.75 Å². The average molecular weight is 365 g/mol. The van der Waals surface area contributed by atoms with Crippen LogP contribution in [-0.4, -0.2) is 24.1 Å². The number of ether oxygens (including phenoxy) is 1. The summed E-state index contributed by atoms with van der Waals surface area (Å²) in [7, 11) is 1.61. The van der Waals surface area contributed by atoms with Gasteiger partial charge in [0.1, 0.15) is 5.75 Å². The Balaban J connectivity index is 1.88. The van der Waals surface area contributed by atoms with E-state index in [0.29, 0.717) is 12.8 Å². The molecule has 0 unspecified atom stereocenters. The average Bonchev–Trinajstić information content (AvgIpc) is 2.72. The highest BCUT2D eigenvalue weighted by Crippen LogP contribution is 2.29. The van der Waals surface area contributed by atoms with Gasteiger partial charge in [-0.2, -0.15) is 0 Å². The summed E-state index contributed by atoms with van der Waals surface area (Å²) in [6.07, 6.45) is 4.54. The molecule has 0 heterocycles. The lowest BCUT2D eigenvalue weighted by molar-refractivity contribution is -0.147. The van der Waals surface area contributed by atoms with E-state index in [2.05, 4.69) is 5.32 Å². The largest absolute Gasteiger partial charge is 0.497 e. The Kier molecular flexibility index (Phi) is 5.91. The van der Waals surface area contributed by atoms with E-state index in [0.717, 1.165) is 16.9 Å². The van der Waals surface area contributed by atoms with Gasteiger partial charge in [-0.3, -0.25) is 9.59 Å². The number of amides is 1. The lowest BCUT2D eigenvalue weighted by atomic mass is 9.82. The van der Waals surface area contributed by atoms with Crippen molar-refractivity contribution in [3.8, 4) is 5.75 Å². The quantitative estimate of drug-likeness (QED) is 0.768. The van der Waals surface area contributed by atoms with Crippen LogP contribution in [0.25, 0.3) is 0 Å². The monoisotopic (exact) mass is 365 g/mol. The van der Waals surface area contributed by atoms with Gasteiger partial charge < -0.3 is 15.2 Å². The minimum absolute atomic E-state index is 0.239. The molecule has 5 heteroatoms. The topological polar surface area (TPSA) is 75.6 Å². The Morgan fingerprint density at radius 3 is 2.15 bits per heavy atom. The van der Waals surface area contributed by atoms with Crippen LogP contribution in [0.3, 0.4) is 0 Å². The third-order valence-corrected chi connectivity index (χ3v) is 4.96. The zero-order valence-corrected chi connectivity index (χ0v) is 15.2. The predicted octanol–water partition coefficient (Wildman–Crippen LogP) is 3.57. The number of aliphatic carboxylic acids is 1. The van der Waals surface area contributed by atoms with Crippen molar-refractivity contribution in [2.75, 3.05) is 7.11 Å². The molecule has 0 aliphatic heterocycles. The highest BCUT2D eigenvalue weighted by molar-refractivity contribution is 5.85. The standard InChI is InChI=1S/C22H23NO4/c1-27-17-13-11-16(12-14-17)20(15-7-3-2-4-8-15)23-21(24)18-9-5-6-10-19(18)22(25)26/h2-8,11-14,18-20H,9-10H2,1H3,(H,23,24)(H,25,26)/t18-,19-,20+/m0/s1.